The van der Waals surface area contributed by atoms with Crippen LogP contribution in [0.2, 0.25) is 0 Å². The van der Waals surface area contributed by atoms with Crippen LogP contribution >= 0.6 is 0 Å². The molecular formula is C28H27NO5. The zero-order valence-corrected chi connectivity index (χ0v) is 19.9. The third kappa shape index (κ3) is 3.81. The molecule has 174 valence electrons. The zero-order valence-electron chi connectivity index (χ0n) is 19.9. The summed E-state index contributed by atoms with van der Waals surface area (Å²) in [4.78, 5) is 28.2. The SMILES string of the molecule is COc1ccc(N2C(=O)C(=O)/C(=C(/O)c3cc(C)cc(C)c3OC)C2c2ccccc2C)cc1. The fraction of sp³-hybridized carbons (Fsp3) is 0.214. The molecule has 1 fully saturated rings. The van der Waals surface area contributed by atoms with E-state index in [1.54, 1.807) is 37.4 Å². The first-order valence-electron chi connectivity index (χ1n) is 10.9. The molecule has 1 unspecified atom stereocenters. The van der Waals surface area contributed by atoms with Crippen LogP contribution in [0.1, 0.15) is 33.9 Å². The number of anilines is 1. The van der Waals surface area contributed by atoms with Gasteiger partial charge in [-0.15, -0.1) is 0 Å². The number of aryl methyl sites for hydroxylation is 3. The fourth-order valence-corrected chi connectivity index (χ4v) is 4.58. The summed E-state index contributed by atoms with van der Waals surface area (Å²) in [5.41, 5.74) is 4.30. The first kappa shape index (κ1) is 23.1. The highest BCUT2D eigenvalue weighted by molar-refractivity contribution is 6.51. The Bertz CT molecular complexity index is 1310. The van der Waals surface area contributed by atoms with E-state index in [0.717, 1.165) is 22.3 Å². The Morgan fingerprint density at radius 1 is 0.882 bits per heavy atom. The molecule has 1 amide bonds. The van der Waals surface area contributed by atoms with Crippen molar-refractivity contribution < 1.29 is 24.2 Å². The molecule has 1 saturated heterocycles. The molecular weight excluding hydrogens is 430 g/mol. The number of hydrogen-bond donors (Lipinski definition) is 1. The molecule has 6 heteroatoms. The molecule has 0 radical (unpaired) electrons. The molecule has 1 aliphatic heterocycles. The number of carbonyl (C=O) groups excluding carboxylic acids is 2. The van der Waals surface area contributed by atoms with Gasteiger partial charge in [0, 0.05) is 5.69 Å². The van der Waals surface area contributed by atoms with Crippen LogP contribution in [-0.4, -0.2) is 31.0 Å². The minimum absolute atomic E-state index is 0.0263. The largest absolute Gasteiger partial charge is 0.507 e. The molecule has 0 aromatic heterocycles. The molecule has 3 aromatic rings. The summed E-state index contributed by atoms with van der Waals surface area (Å²) in [6.45, 7) is 5.69. The van der Waals surface area contributed by atoms with Crippen LogP contribution in [0.5, 0.6) is 11.5 Å². The van der Waals surface area contributed by atoms with E-state index in [4.69, 9.17) is 9.47 Å². The number of hydrogen-bond acceptors (Lipinski definition) is 5. The summed E-state index contributed by atoms with van der Waals surface area (Å²) in [6, 6.07) is 17.3. The van der Waals surface area contributed by atoms with Crippen molar-refractivity contribution in [2.75, 3.05) is 19.1 Å². The maximum absolute atomic E-state index is 13.4. The van der Waals surface area contributed by atoms with Crippen LogP contribution in [0.3, 0.4) is 0 Å². The normalized spacial score (nSPS) is 17.2. The van der Waals surface area contributed by atoms with Gasteiger partial charge in [-0.05, 0) is 73.4 Å². The third-order valence-electron chi connectivity index (χ3n) is 6.16. The Labute approximate surface area is 199 Å². The van der Waals surface area contributed by atoms with Crippen LogP contribution in [0, 0.1) is 20.8 Å². The lowest BCUT2D eigenvalue weighted by atomic mass is 9.91. The highest BCUT2D eigenvalue weighted by Gasteiger charge is 2.47. The van der Waals surface area contributed by atoms with E-state index >= 15 is 0 Å². The van der Waals surface area contributed by atoms with Crippen LogP contribution in [-0.2, 0) is 9.59 Å². The monoisotopic (exact) mass is 457 g/mol. The van der Waals surface area contributed by atoms with Gasteiger partial charge in [-0.25, -0.2) is 0 Å². The number of rotatable bonds is 5. The van der Waals surface area contributed by atoms with E-state index in [0.29, 0.717) is 22.7 Å². The van der Waals surface area contributed by atoms with Gasteiger partial charge in [0.05, 0.1) is 31.4 Å². The smallest absolute Gasteiger partial charge is 0.300 e. The molecule has 0 saturated carbocycles. The summed E-state index contributed by atoms with van der Waals surface area (Å²) < 4.78 is 10.8. The Kier molecular flexibility index (Phi) is 6.16. The molecule has 1 heterocycles. The number of ether oxygens (including phenoxy) is 2. The Hall–Kier alpha value is -4.06. The zero-order chi connectivity index (χ0) is 24.6. The summed E-state index contributed by atoms with van der Waals surface area (Å²) in [6.07, 6.45) is 0. The molecule has 3 aromatic carbocycles. The van der Waals surface area contributed by atoms with Crippen molar-refractivity contribution in [3.8, 4) is 11.5 Å². The minimum Gasteiger partial charge on any atom is -0.507 e. The summed E-state index contributed by atoms with van der Waals surface area (Å²) in [7, 11) is 3.08. The van der Waals surface area contributed by atoms with Gasteiger partial charge in [0.15, 0.2) is 0 Å². The number of Topliss-reactive ketones (excluding diaryl/α,β-unsaturated/α-hetero) is 1. The van der Waals surface area contributed by atoms with Crippen molar-refractivity contribution in [1.82, 2.24) is 0 Å². The van der Waals surface area contributed by atoms with Gasteiger partial charge < -0.3 is 14.6 Å². The van der Waals surface area contributed by atoms with E-state index < -0.39 is 17.7 Å². The van der Waals surface area contributed by atoms with Crippen LogP contribution < -0.4 is 14.4 Å². The van der Waals surface area contributed by atoms with E-state index in [9.17, 15) is 14.7 Å². The first-order chi connectivity index (χ1) is 16.3. The van der Waals surface area contributed by atoms with Crippen molar-refractivity contribution in [2.24, 2.45) is 0 Å². The lowest BCUT2D eigenvalue weighted by Crippen LogP contribution is -2.29. The van der Waals surface area contributed by atoms with Crippen LogP contribution in [0.25, 0.3) is 5.76 Å². The van der Waals surface area contributed by atoms with Gasteiger partial charge in [-0.2, -0.15) is 0 Å². The topological polar surface area (TPSA) is 76.1 Å². The van der Waals surface area contributed by atoms with E-state index in [1.165, 1.54) is 12.0 Å². The van der Waals surface area contributed by atoms with Gasteiger partial charge in [0.25, 0.3) is 11.7 Å². The van der Waals surface area contributed by atoms with Crippen LogP contribution in [0.4, 0.5) is 5.69 Å². The second-order valence-electron chi connectivity index (χ2n) is 8.39. The summed E-state index contributed by atoms with van der Waals surface area (Å²) >= 11 is 0. The Balaban J connectivity index is 2.01. The molecule has 1 atom stereocenters. The van der Waals surface area contributed by atoms with Crippen molar-refractivity contribution in [1.29, 1.82) is 0 Å². The fourth-order valence-electron chi connectivity index (χ4n) is 4.58. The molecule has 0 aliphatic carbocycles. The first-order valence-corrected chi connectivity index (χ1v) is 10.9. The number of methoxy groups -OCH3 is 2. The average molecular weight is 458 g/mol. The quantitative estimate of drug-likeness (QED) is 0.322. The second-order valence-corrected chi connectivity index (χ2v) is 8.39. The van der Waals surface area contributed by atoms with E-state index in [1.807, 2.05) is 51.1 Å². The lowest BCUT2D eigenvalue weighted by Gasteiger charge is -2.27. The maximum Gasteiger partial charge on any atom is 0.300 e. The van der Waals surface area contributed by atoms with Gasteiger partial charge in [0.1, 0.15) is 17.3 Å². The number of carbonyl (C=O) groups is 2. The maximum atomic E-state index is 13.4. The highest BCUT2D eigenvalue weighted by atomic mass is 16.5. The predicted molar refractivity (Wildman–Crippen MR) is 131 cm³/mol. The number of ketones is 1. The molecule has 0 bridgehead atoms. The van der Waals surface area contributed by atoms with E-state index in [2.05, 4.69) is 0 Å². The number of amides is 1. The molecule has 0 spiro atoms. The van der Waals surface area contributed by atoms with E-state index in [-0.39, 0.29) is 11.3 Å². The Morgan fingerprint density at radius 2 is 1.56 bits per heavy atom. The standard InChI is InChI=1S/C28H27NO5/c1-16-14-18(3)27(34-5)22(15-16)25(30)23-24(21-9-7-6-8-17(21)2)29(28(32)26(23)31)19-10-12-20(33-4)13-11-19/h6-15,24,30H,1-5H3/b25-23+. The highest BCUT2D eigenvalue weighted by Crippen LogP contribution is 2.44. The number of aliphatic hydroxyl groups is 1. The number of nitrogens with zero attached hydrogens (tertiary/aromatic N) is 1. The van der Waals surface area contributed by atoms with Gasteiger partial charge in [-0.3, -0.25) is 14.5 Å². The lowest BCUT2D eigenvalue weighted by molar-refractivity contribution is -0.132. The molecule has 34 heavy (non-hydrogen) atoms. The molecule has 4 rings (SSSR count). The van der Waals surface area contributed by atoms with Gasteiger partial charge in [-0.1, -0.05) is 30.3 Å². The predicted octanol–water partition coefficient (Wildman–Crippen LogP) is 5.26. The number of benzene rings is 3. The van der Waals surface area contributed by atoms with Crippen molar-refractivity contribution in [3.05, 3.63) is 94.1 Å². The van der Waals surface area contributed by atoms with Crippen molar-refractivity contribution in [2.45, 2.75) is 26.8 Å². The third-order valence-corrected chi connectivity index (χ3v) is 6.16. The van der Waals surface area contributed by atoms with Crippen molar-refractivity contribution in [3.63, 3.8) is 0 Å². The minimum atomic E-state index is -0.805. The van der Waals surface area contributed by atoms with Crippen LogP contribution in [0.15, 0.2) is 66.2 Å². The summed E-state index contributed by atoms with van der Waals surface area (Å²) in [5, 5.41) is 11.5. The molecule has 1 aliphatic rings. The molecule has 6 nitrogen and oxygen atoms in total. The number of aliphatic hydroxyl groups excluding tert-OH is 1. The van der Waals surface area contributed by atoms with Gasteiger partial charge in [0.2, 0.25) is 0 Å². The second kappa shape index (κ2) is 9.06. The average Bonchev–Trinajstić information content (AvgIpc) is 3.08. The Morgan fingerprint density at radius 3 is 2.18 bits per heavy atom. The van der Waals surface area contributed by atoms with Crippen molar-refractivity contribution >= 4 is 23.1 Å². The molecule has 1 N–H and O–H groups in total. The summed E-state index contributed by atoms with van der Waals surface area (Å²) in [5.74, 6) is -0.618. The van der Waals surface area contributed by atoms with Gasteiger partial charge >= 0.3 is 0 Å².